The van der Waals surface area contributed by atoms with Gasteiger partial charge in [-0.2, -0.15) is 0 Å². The standard InChI is InChI=1S/C24H22Cl2N6O2S2/c1-3-32-20(11-21(33)27-16-8-9-17(25)18(26)10-16)30-31-24(32)36-13-22(34)29-23-28-19(12-35-23)15-6-4-14(2)5-7-15/h4-10,12H,3,11,13H2,1-2H3,(H,27,33)(H,28,29,34). The molecule has 0 saturated heterocycles. The smallest absolute Gasteiger partial charge is 0.236 e. The molecule has 0 aliphatic rings. The molecular weight excluding hydrogens is 539 g/mol. The summed E-state index contributed by atoms with van der Waals surface area (Å²) in [4.78, 5) is 29.5. The van der Waals surface area contributed by atoms with Crippen LogP contribution in [0, 0.1) is 6.92 Å². The van der Waals surface area contributed by atoms with E-state index in [1.807, 2.05) is 48.1 Å². The average Bonchev–Trinajstić information content (AvgIpc) is 3.47. The van der Waals surface area contributed by atoms with Gasteiger partial charge in [-0.3, -0.25) is 9.59 Å². The van der Waals surface area contributed by atoms with Crippen LogP contribution in [0.1, 0.15) is 18.3 Å². The zero-order valence-electron chi connectivity index (χ0n) is 19.4. The number of carbonyl (C=O) groups is 2. The first-order valence-electron chi connectivity index (χ1n) is 10.9. The van der Waals surface area contributed by atoms with Crippen LogP contribution < -0.4 is 10.6 Å². The second-order valence-corrected chi connectivity index (χ2v) is 10.4. The van der Waals surface area contributed by atoms with Crippen LogP contribution in [0.15, 0.2) is 53.0 Å². The van der Waals surface area contributed by atoms with E-state index in [0.717, 1.165) is 11.3 Å². The Hall–Kier alpha value is -2.92. The minimum absolute atomic E-state index is 0.0226. The third kappa shape index (κ3) is 6.64. The first-order valence-corrected chi connectivity index (χ1v) is 13.6. The van der Waals surface area contributed by atoms with Crippen molar-refractivity contribution in [1.82, 2.24) is 19.7 Å². The number of amides is 2. The molecule has 0 unspecified atom stereocenters. The van der Waals surface area contributed by atoms with Crippen molar-refractivity contribution in [2.75, 3.05) is 16.4 Å². The second kappa shape index (κ2) is 11.9. The number of hydrogen-bond acceptors (Lipinski definition) is 7. The van der Waals surface area contributed by atoms with E-state index in [1.165, 1.54) is 28.7 Å². The normalized spacial score (nSPS) is 10.9. The predicted molar refractivity (Wildman–Crippen MR) is 146 cm³/mol. The molecule has 0 bridgehead atoms. The van der Waals surface area contributed by atoms with Crippen LogP contribution in [0.25, 0.3) is 11.3 Å². The van der Waals surface area contributed by atoms with Gasteiger partial charge >= 0.3 is 0 Å². The first kappa shape index (κ1) is 26.2. The Morgan fingerprint density at radius 3 is 2.53 bits per heavy atom. The van der Waals surface area contributed by atoms with Crippen LogP contribution in [-0.2, 0) is 22.6 Å². The summed E-state index contributed by atoms with van der Waals surface area (Å²) in [5.74, 6) is 0.167. The van der Waals surface area contributed by atoms with Crippen molar-refractivity contribution in [2.24, 2.45) is 0 Å². The molecule has 0 aliphatic carbocycles. The first-order chi connectivity index (χ1) is 17.3. The fraction of sp³-hybridized carbons (Fsp3) is 0.208. The maximum atomic E-state index is 12.5. The molecule has 4 aromatic rings. The third-order valence-corrected chi connectivity index (χ3v) is 7.53. The van der Waals surface area contributed by atoms with Crippen LogP contribution in [0.4, 0.5) is 10.8 Å². The quantitative estimate of drug-likeness (QED) is 0.245. The minimum atomic E-state index is -0.266. The van der Waals surface area contributed by atoms with Gasteiger partial charge in [-0.1, -0.05) is 64.8 Å². The van der Waals surface area contributed by atoms with E-state index in [0.29, 0.717) is 38.4 Å². The van der Waals surface area contributed by atoms with Gasteiger partial charge in [0, 0.05) is 23.2 Å². The van der Waals surface area contributed by atoms with Crippen molar-refractivity contribution in [1.29, 1.82) is 0 Å². The number of aryl methyl sites for hydroxylation is 1. The van der Waals surface area contributed by atoms with Crippen molar-refractivity contribution in [3.8, 4) is 11.3 Å². The summed E-state index contributed by atoms with van der Waals surface area (Å²) in [6.07, 6.45) is 0.0226. The molecular formula is C24H22Cl2N6O2S2. The summed E-state index contributed by atoms with van der Waals surface area (Å²) < 4.78 is 1.81. The van der Waals surface area contributed by atoms with E-state index >= 15 is 0 Å². The van der Waals surface area contributed by atoms with Gasteiger partial charge in [0.05, 0.1) is 27.9 Å². The molecule has 2 aromatic carbocycles. The molecule has 2 amide bonds. The fourth-order valence-corrected chi connectivity index (χ4v) is 5.13. The summed E-state index contributed by atoms with van der Waals surface area (Å²) >= 11 is 14.5. The Labute approximate surface area is 226 Å². The predicted octanol–water partition coefficient (Wildman–Crippen LogP) is 5.95. The lowest BCUT2D eigenvalue weighted by Gasteiger charge is -2.08. The fourth-order valence-electron chi connectivity index (χ4n) is 3.27. The monoisotopic (exact) mass is 560 g/mol. The Bertz CT molecular complexity index is 1390. The highest BCUT2D eigenvalue weighted by Crippen LogP contribution is 2.27. The van der Waals surface area contributed by atoms with Gasteiger partial charge in [0.25, 0.3) is 0 Å². The number of hydrogen-bond donors (Lipinski definition) is 2. The molecule has 12 heteroatoms. The number of nitrogens with zero attached hydrogens (tertiary/aromatic N) is 4. The molecule has 2 heterocycles. The number of anilines is 2. The molecule has 186 valence electrons. The topological polar surface area (TPSA) is 102 Å². The molecule has 0 saturated carbocycles. The summed E-state index contributed by atoms with van der Waals surface area (Å²) in [6.45, 7) is 4.51. The van der Waals surface area contributed by atoms with E-state index in [-0.39, 0.29) is 24.0 Å². The number of halogens is 2. The van der Waals surface area contributed by atoms with Crippen molar-refractivity contribution in [2.45, 2.75) is 32.0 Å². The van der Waals surface area contributed by atoms with Crippen LogP contribution in [0.2, 0.25) is 10.0 Å². The zero-order valence-corrected chi connectivity index (χ0v) is 22.6. The van der Waals surface area contributed by atoms with Crippen LogP contribution >= 0.6 is 46.3 Å². The molecule has 8 nitrogen and oxygen atoms in total. The lowest BCUT2D eigenvalue weighted by atomic mass is 10.1. The molecule has 0 aliphatic heterocycles. The number of aromatic nitrogens is 4. The largest absolute Gasteiger partial charge is 0.326 e. The molecule has 4 rings (SSSR count). The molecule has 36 heavy (non-hydrogen) atoms. The van der Waals surface area contributed by atoms with Crippen molar-refractivity contribution in [3.63, 3.8) is 0 Å². The molecule has 0 atom stereocenters. The Morgan fingerprint density at radius 2 is 1.81 bits per heavy atom. The van der Waals surface area contributed by atoms with E-state index in [2.05, 4.69) is 25.8 Å². The number of nitrogens with one attached hydrogen (secondary N) is 2. The Kier molecular flexibility index (Phi) is 8.63. The lowest BCUT2D eigenvalue weighted by molar-refractivity contribution is -0.116. The molecule has 0 fully saturated rings. The SMILES string of the molecule is CCn1c(CC(=O)Nc2ccc(Cl)c(Cl)c2)nnc1SCC(=O)Nc1nc(-c2ccc(C)cc2)cs1. The number of thioether (sulfide) groups is 1. The van der Waals surface area contributed by atoms with Gasteiger partial charge in [-0.25, -0.2) is 4.98 Å². The summed E-state index contributed by atoms with van der Waals surface area (Å²) in [7, 11) is 0. The van der Waals surface area contributed by atoms with Crippen LogP contribution in [-0.4, -0.2) is 37.3 Å². The van der Waals surface area contributed by atoms with Crippen LogP contribution in [0.5, 0.6) is 0 Å². The highest BCUT2D eigenvalue weighted by molar-refractivity contribution is 7.99. The lowest BCUT2D eigenvalue weighted by Crippen LogP contribution is -2.18. The van der Waals surface area contributed by atoms with Crippen LogP contribution in [0.3, 0.4) is 0 Å². The summed E-state index contributed by atoms with van der Waals surface area (Å²) in [5.41, 5.74) is 3.53. The molecule has 2 N–H and O–H groups in total. The number of carbonyl (C=O) groups excluding carboxylic acids is 2. The van der Waals surface area contributed by atoms with Gasteiger partial charge in [-0.05, 0) is 32.0 Å². The maximum Gasteiger partial charge on any atom is 0.236 e. The van der Waals surface area contributed by atoms with E-state index in [1.54, 1.807) is 18.2 Å². The van der Waals surface area contributed by atoms with Crippen molar-refractivity contribution >= 4 is 68.9 Å². The highest BCUT2D eigenvalue weighted by atomic mass is 35.5. The number of benzene rings is 2. The van der Waals surface area contributed by atoms with Gasteiger partial charge in [0.2, 0.25) is 11.8 Å². The Morgan fingerprint density at radius 1 is 1.03 bits per heavy atom. The molecule has 0 spiro atoms. The van der Waals surface area contributed by atoms with Crippen molar-refractivity contribution < 1.29 is 9.59 Å². The van der Waals surface area contributed by atoms with Gasteiger partial charge in [0.1, 0.15) is 5.82 Å². The van der Waals surface area contributed by atoms with Gasteiger partial charge in [0.15, 0.2) is 10.3 Å². The maximum absolute atomic E-state index is 12.5. The number of rotatable bonds is 9. The zero-order chi connectivity index (χ0) is 25.7. The summed E-state index contributed by atoms with van der Waals surface area (Å²) in [6, 6.07) is 12.9. The number of thiazole rings is 1. The summed E-state index contributed by atoms with van der Waals surface area (Å²) in [5, 5.41) is 17.7. The minimum Gasteiger partial charge on any atom is -0.326 e. The van der Waals surface area contributed by atoms with E-state index < -0.39 is 0 Å². The molecule has 2 aromatic heterocycles. The second-order valence-electron chi connectivity index (χ2n) is 7.74. The highest BCUT2D eigenvalue weighted by Gasteiger charge is 2.17. The van der Waals surface area contributed by atoms with Gasteiger partial charge < -0.3 is 15.2 Å². The average molecular weight is 562 g/mol. The third-order valence-electron chi connectivity index (χ3n) is 5.06. The van der Waals surface area contributed by atoms with Crippen molar-refractivity contribution in [3.05, 3.63) is 69.3 Å². The van der Waals surface area contributed by atoms with E-state index in [4.69, 9.17) is 23.2 Å². The Balaban J connectivity index is 1.32. The van der Waals surface area contributed by atoms with E-state index in [9.17, 15) is 9.59 Å². The van der Waals surface area contributed by atoms with Gasteiger partial charge in [-0.15, -0.1) is 21.5 Å². The molecule has 0 radical (unpaired) electrons.